The lowest BCUT2D eigenvalue weighted by Crippen LogP contribution is -2.55. The van der Waals surface area contributed by atoms with Crippen molar-refractivity contribution in [2.45, 2.75) is 25.1 Å². The van der Waals surface area contributed by atoms with Crippen LogP contribution in [0.3, 0.4) is 0 Å². The van der Waals surface area contributed by atoms with Crippen LogP contribution in [0.1, 0.15) is 13.8 Å². The van der Waals surface area contributed by atoms with Crippen molar-refractivity contribution in [2.75, 3.05) is 38.6 Å². The first-order valence-electron chi connectivity index (χ1n) is 5.95. The first-order valence-corrected chi connectivity index (χ1v) is 7.00. The Morgan fingerprint density at radius 2 is 1.94 bits per heavy atom. The van der Waals surface area contributed by atoms with E-state index in [1.807, 2.05) is 21.6 Å². The van der Waals surface area contributed by atoms with Gasteiger partial charge in [-0.1, -0.05) is 6.92 Å². The number of carbonyl (C=O) groups excluding carboxylic acids is 1. The number of thioether (sulfide) groups is 1. The van der Waals surface area contributed by atoms with Crippen LogP contribution in [0.5, 0.6) is 0 Å². The first kappa shape index (κ1) is 12.0. The topological polar surface area (TPSA) is 32.8 Å². The fourth-order valence-electron chi connectivity index (χ4n) is 2.14. The van der Waals surface area contributed by atoms with E-state index < -0.39 is 0 Å². The van der Waals surface area contributed by atoms with Crippen molar-refractivity contribution in [1.82, 2.24) is 9.80 Å². The summed E-state index contributed by atoms with van der Waals surface area (Å²) < 4.78 is 5.27. The third-order valence-electron chi connectivity index (χ3n) is 3.41. The average Bonchev–Trinajstić information content (AvgIpc) is 2.33. The molecule has 4 nitrogen and oxygen atoms in total. The summed E-state index contributed by atoms with van der Waals surface area (Å²) in [5.74, 6) is 1.06. The maximum Gasteiger partial charge on any atom is 0.320 e. The molecule has 2 atom stereocenters. The van der Waals surface area contributed by atoms with Gasteiger partial charge in [0, 0.05) is 36.7 Å². The van der Waals surface area contributed by atoms with Gasteiger partial charge in [0.15, 0.2) is 0 Å². The number of ether oxygens (including phenoxy) is 1. The summed E-state index contributed by atoms with van der Waals surface area (Å²) in [5, 5.41) is 0.541. The summed E-state index contributed by atoms with van der Waals surface area (Å²) in [7, 11) is 0. The minimum atomic E-state index is 0.197. The Bertz CT molecular complexity index is 256. The number of carbonyl (C=O) groups is 1. The maximum absolute atomic E-state index is 12.3. The normalized spacial score (nSPS) is 31.6. The predicted molar refractivity (Wildman–Crippen MR) is 65.9 cm³/mol. The standard InChI is InChI=1S/C11H20N2O2S/c1-9-10(2)16-8-5-13(9)11(14)12-3-6-15-7-4-12/h9-10H,3-8H2,1-2H3. The number of urea groups is 1. The van der Waals surface area contributed by atoms with Crippen LogP contribution >= 0.6 is 11.8 Å². The van der Waals surface area contributed by atoms with Crippen LogP contribution in [-0.2, 0) is 4.74 Å². The van der Waals surface area contributed by atoms with Crippen molar-refractivity contribution in [3.05, 3.63) is 0 Å². The van der Waals surface area contributed by atoms with E-state index in [1.165, 1.54) is 0 Å². The lowest BCUT2D eigenvalue weighted by molar-refractivity contribution is 0.0402. The highest BCUT2D eigenvalue weighted by Gasteiger charge is 2.31. The van der Waals surface area contributed by atoms with Gasteiger partial charge in [0.05, 0.1) is 13.2 Å². The zero-order valence-electron chi connectivity index (χ0n) is 10.0. The SMILES string of the molecule is CC1SCCN(C(=O)N2CCOCC2)C1C. The Morgan fingerprint density at radius 1 is 1.25 bits per heavy atom. The number of amides is 2. The highest BCUT2D eigenvalue weighted by Crippen LogP contribution is 2.25. The molecule has 0 aromatic rings. The Morgan fingerprint density at radius 3 is 2.62 bits per heavy atom. The lowest BCUT2D eigenvalue weighted by Gasteiger charge is -2.41. The fourth-order valence-corrected chi connectivity index (χ4v) is 3.24. The minimum Gasteiger partial charge on any atom is -0.378 e. The molecular weight excluding hydrogens is 224 g/mol. The van der Waals surface area contributed by atoms with E-state index in [0.717, 1.165) is 25.4 Å². The molecule has 0 bridgehead atoms. The van der Waals surface area contributed by atoms with Gasteiger partial charge in [0.1, 0.15) is 0 Å². The van der Waals surface area contributed by atoms with Crippen molar-refractivity contribution >= 4 is 17.8 Å². The smallest absolute Gasteiger partial charge is 0.320 e. The van der Waals surface area contributed by atoms with Crippen molar-refractivity contribution in [2.24, 2.45) is 0 Å². The van der Waals surface area contributed by atoms with Crippen molar-refractivity contribution in [3.63, 3.8) is 0 Å². The fraction of sp³-hybridized carbons (Fsp3) is 0.909. The molecule has 0 saturated carbocycles. The van der Waals surface area contributed by atoms with Crippen LogP contribution in [0.15, 0.2) is 0 Å². The molecule has 16 heavy (non-hydrogen) atoms. The molecule has 2 saturated heterocycles. The van der Waals surface area contributed by atoms with Crippen LogP contribution < -0.4 is 0 Å². The quantitative estimate of drug-likeness (QED) is 0.643. The lowest BCUT2D eigenvalue weighted by atomic mass is 10.2. The number of hydrogen-bond donors (Lipinski definition) is 0. The van der Waals surface area contributed by atoms with E-state index in [1.54, 1.807) is 0 Å². The second-order valence-electron chi connectivity index (χ2n) is 4.39. The van der Waals surface area contributed by atoms with Crippen molar-refractivity contribution < 1.29 is 9.53 Å². The largest absolute Gasteiger partial charge is 0.378 e. The van der Waals surface area contributed by atoms with Gasteiger partial charge in [0.25, 0.3) is 0 Å². The monoisotopic (exact) mass is 244 g/mol. The highest BCUT2D eigenvalue weighted by atomic mass is 32.2. The predicted octanol–water partition coefficient (Wildman–Crippen LogP) is 1.26. The highest BCUT2D eigenvalue weighted by molar-refractivity contribution is 8.00. The van der Waals surface area contributed by atoms with Gasteiger partial charge in [-0.2, -0.15) is 11.8 Å². The van der Waals surface area contributed by atoms with E-state index in [2.05, 4.69) is 13.8 Å². The summed E-state index contributed by atoms with van der Waals surface area (Å²) in [6.07, 6.45) is 0. The molecule has 2 heterocycles. The third-order valence-corrected chi connectivity index (χ3v) is 4.75. The Hall–Kier alpha value is -0.420. The number of rotatable bonds is 0. The summed E-state index contributed by atoms with van der Waals surface area (Å²) >= 11 is 1.96. The van der Waals surface area contributed by atoms with Gasteiger partial charge in [-0.25, -0.2) is 4.79 Å². The van der Waals surface area contributed by atoms with Crippen LogP contribution in [0.2, 0.25) is 0 Å². The van der Waals surface area contributed by atoms with Gasteiger partial charge < -0.3 is 14.5 Å². The molecule has 2 aliphatic rings. The van der Waals surface area contributed by atoms with Crippen LogP contribution in [0.4, 0.5) is 4.79 Å². The molecule has 92 valence electrons. The van der Waals surface area contributed by atoms with Crippen LogP contribution in [-0.4, -0.2) is 65.7 Å². The molecular formula is C11H20N2O2S. The number of hydrogen-bond acceptors (Lipinski definition) is 3. The molecule has 0 aliphatic carbocycles. The second-order valence-corrected chi connectivity index (χ2v) is 5.88. The van der Waals surface area contributed by atoms with Gasteiger partial charge in [-0.3, -0.25) is 0 Å². The number of nitrogens with zero attached hydrogens (tertiary/aromatic N) is 2. The summed E-state index contributed by atoms with van der Waals surface area (Å²) in [6, 6.07) is 0.539. The molecule has 2 fully saturated rings. The Kier molecular flexibility index (Phi) is 3.97. The second kappa shape index (κ2) is 5.27. The molecule has 0 N–H and O–H groups in total. The van der Waals surface area contributed by atoms with Crippen LogP contribution in [0, 0.1) is 0 Å². The third kappa shape index (κ3) is 2.46. The van der Waals surface area contributed by atoms with Gasteiger partial charge >= 0.3 is 6.03 Å². The number of morpholine rings is 1. The minimum absolute atomic E-state index is 0.197. The molecule has 2 rings (SSSR count). The molecule has 2 amide bonds. The maximum atomic E-state index is 12.3. The van der Waals surface area contributed by atoms with Crippen LogP contribution in [0.25, 0.3) is 0 Å². The molecule has 2 aliphatic heterocycles. The van der Waals surface area contributed by atoms with E-state index in [-0.39, 0.29) is 6.03 Å². The molecule has 0 aromatic carbocycles. The summed E-state index contributed by atoms with van der Waals surface area (Å²) in [5.41, 5.74) is 0. The van der Waals surface area contributed by atoms with E-state index in [0.29, 0.717) is 24.5 Å². The van der Waals surface area contributed by atoms with E-state index >= 15 is 0 Å². The zero-order chi connectivity index (χ0) is 11.5. The van der Waals surface area contributed by atoms with E-state index in [4.69, 9.17) is 4.74 Å². The van der Waals surface area contributed by atoms with Gasteiger partial charge in [-0.05, 0) is 6.92 Å². The van der Waals surface area contributed by atoms with Crippen molar-refractivity contribution in [3.8, 4) is 0 Å². The first-order chi connectivity index (χ1) is 7.70. The zero-order valence-corrected chi connectivity index (χ0v) is 10.8. The molecule has 0 aromatic heterocycles. The summed E-state index contributed by atoms with van der Waals surface area (Å²) in [6.45, 7) is 8.07. The average molecular weight is 244 g/mol. The Balaban J connectivity index is 1.96. The summed E-state index contributed by atoms with van der Waals surface area (Å²) in [4.78, 5) is 16.2. The van der Waals surface area contributed by atoms with E-state index in [9.17, 15) is 4.79 Å². The molecule has 2 unspecified atom stereocenters. The van der Waals surface area contributed by atoms with Gasteiger partial charge in [0.2, 0.25) is 0 Å². The van der Waals surface area contributed by atoms with Crippen molar-refractivity contribution in [1.29, 1.82) is 0 Å². The van der Waals surface area contributed by atoms with Gasteiger partial charge in [-0.15, -0.1) is 0 Å². The molecule has 0 radical (unpaired) electrons. The Labute approximate surface area is 101 Å². The molecule has 0 spiro atoms. The molecule has 5 heteroatoms.